The van der Waals surface area contributed by atoms with E-state index in [4.69, 9.17) is 13.8 Å². The van der Waals surface area contributed by atoms with E-state index in [0.29, 0.717) is 5.89 Å². The van der Waals surface area contributed by atoms with Gasteiger partial charge in [0.25, 0.3) is 0 Å². The van der Waals surface area contributed by atoms with Crippen LogP contribution in [0.5, 0.6) is 0 Å². The van der Waals surface area contributed by atoms with E-state index < -0.39 is 0 Å². The molecule has 41 heavy (non-hydrogen) atoms. The molecule has 0 saturated heterocycles. The van der Waals surface area contributed by atoms with Gasteiger partial charge in [0.1, 0.15) is 16.7 Å². The largest absolute Gasteiger partial charge is 0.456 e. The number of benzene rings is 6. The number of aromatic nitrogens is 2. The highest BCUT2D eigenvalue weighted by Crippen LogP contribution is 2.40. The zero-order valence-corrected chi connectivity index (χ0v) is 21.9. The van der Waals surface area contributed by atoms with Crippen LogP contribution in [0.3, 0.4) is 0 Å². The highest BCUT2D eigenvalue weighted by Gasteiger charge is 2.18. The summed E-state index contributed by atoms with van der Waals surface area (Å²) in [5.41, 5.74) is 10.0. The summed E-state index contributed by atoms with van der Waals surface area (Å²) in [5.74, 6) is 0.600. The minimum atomic E-state index is 0.600. The first-order valence-corrected chi connectivity index (χ1v) is 13.7. The van der Waals surface area contributed by atoms with Crippen molar-refractivity contribution in [2.45, 2.75) is 0 Å². The maximum Gasteiger partial charge on any atom is 0.227 e. The van der Waals surface area contributed by atoms with E-state index in [-0.39, 0.29) is 0 Å². The smallest absolute Gasteiger partial charge is 0.227 e. The van der Waals surface area contributed by atoms with Crippen LogP contribution in [0.15, 0.2) is 142 Å². The lowest BCUT2D eigenvalue weighted by atomic mass is 9.98. The van der Waals surface area contributed by atoms with Crippen molar-refractivity contribution in [1.29, 1.82) is 0 Å². The average Bonchev–Trinajstić information content (AvgIpc) is 3.73. The summed E-state index contributed by atoms with van der Waals surface area (Å²) < 4.78 is 14.8. The van der Waals surface area contributed by atoms with E-state index >= 15 is 0 Å². The van der Waals surface area contributed by atoms with Crippen molar-refractivity contribution in [2.75, 3.05) is 0 Å². The third-order valence-corrected chi connectivity index (χ3v) is 8.05. The van der Waals surface area contributed by atoms with Crippen LogP contribution in [0.1, 0.15) is 0 Å². The summed E-state index contributed by atoms with van der Waals surface area (Å²) in [6.45, 7) is 0. The van der Waals surface area contributed by atoms with Crippen LogP contribution in [0.2, 0.25) is 0 Å². The van der Waals surface area contributed by atoms with E-state index in [1.807, 2.05) is 30.3 Å². The van der Waals surface area contributed by atoms with Gasteiger partial charge in [0.15, 0.2) is 5.58 Å². The second-order valence-electron chi connectivity index (χ2n) is 10.4. The molecule has 192 valence electrons. The molecular formula is C37H22N2O2. The van der Waals surface area contributed by atoms with E-state index in [0.717, 1.165) is 49.9 Å². The fourth-order valence-corrected chi connectivity index (χ4v) is 6.23. The Labute approximate surface area is 234 Å². The molecule has 0 aliphatic rings. The van der Waals surface area contributed by atoms with Gasteiger partial charge >= 0.3 is 0 Å². The molecule has 4 nitrogen and oxygen atoms in total. The number of nitrogens with zero attached hydrogens (tertiary/aromatic N) is 2. The summed E-state index contributed by atoms with van der Waals surface area (Å²) in [6, 6.07) is 46.2. The highest BCUT2D eigenvalue weighted by atomic mass is 16.4. The van der Waals surface area contributed by atoms with Gasteiger partial charge in [-0.1, -0.05) is 78.9 Å². The molecule has 0 fully saturated rings. The second-order valence-corrected chi connectivity index (χ2v) is 10.4. The van der Waals surface area contributed by atoms with E-state index in [2.05, 4.69) is 108 Å². The predicted molar refractivity (Wildman–Crippen MR) is 166 cm³/mol. The predicted octanol–water partition coefficient (Wildman–Crippen LogP) is 10.2. The lowest BCUT2D eigenvalue weighted by Gasteiger charge is -2.09. The van der Waals surface area contributed by atoms with Crippen LogP contribution >= 0.6 is 0 Å². The van der Waals surface area contributed by atoms with Gasteiger partial charge < -0.3 is 13.4 Å². The summed E-state index contributed by atoms with van der Waals surface area (Å²) in [6.07, 6.45) is 0. The number of para-hydroxylation sites is 3. The van der Waals surface area contributed by atoms with Crippen molar-refractivity contribution in [3.05, 3.63) is 133 Å². The van der Waals surface area contributed by atoms with Crippen LogP contribution in [-0.4, -0.2) is 9.55 Å². The molecule has 0 spiro atoms. The van der Waals surface area contributed by atoms with Gasteiger partial charge in [0.2, 0.25) is 5.89 Å². The van der Waals surface area contributed by atoms with E-state index in [1.165, 1.54) is 27.4 Å². The molecule has 0 aliphatic carbocycles. The lowest BCUT2D eigenvalue weighted by Crippen LogP contribution is -1.92. The quantitative estimate of drug-likeness (QED) is 0.230. The Morgan fingerprint density at radius 3 is 2.10 bits per heavy atom. The van der Waals surface area contributed by atoms with Crippen LogP contribution < -0.4 is 0 Å². The molecule has 6 aromatic carbocycles. The zero-order valence-electron chi connectivity index (χ0n) is 21.9. The normalized spacial score (nSPS) is 11.9. The second kappa shape index (κ2) is 8.44. The number of hydrogen-bond acceptors (Lipinski definition) is 3. The topological polar surface area (TPSA) is 44.1 Å². The van der Waals surface area contributed by atoms with Crippen molar-refractivity contribution in [3.8, 4) is 28.3 Å². The lowest BCUT2D eigenvalue weighted by molar-refractivity contribution is 0.622. The fraction of sp³-hybridized carbons (Fsp3) is 0. The molecule has 9 aromatic rings. The summed E-state index contributed by atoms with van der Waals surface area (Å²) in [5, 5.41) is 4.49. The van der Waals surface area contributed by atoms with Crippen molar-refractivity contribution in [2.24, 2.45) is 0 Å². The molecular weight excluding hydrogens is 504 g/mol. The first kappa shape index (κ1) is 22.2. The van der Waals surface area contributed by atoms with Gasteiger partial charge in [-0.25, -0.2) is 4.98 Å². The molecule has 0 unspecified atom stereocenters. The molecule has 0 atom stereocenters. The summed E-state index contributed by atoms with van der Waals surface area (Å²) in [4.78, 5) is 4.84. The van der Waals surface area contributed by atoms with Crippen molar-refractivity contribution < 1.29 is 8.83 Å². The minimum Gasteiger partial charge on any atom is -0.456 e. The van der Waals surface area contributed by atoms with Crippen LogP contribution in [0.25, 0.3) is 83.1 Å². The maximum atomic E-state index is 6.39. The number of hydrogen-bond donors (Lipinski definition) is 0. The third kappa shape index (κ3) is 3.25. The molecule has 9 rings (SSSR count). The van der Waals surface area contributed by atoms with Crippen molar-refractivity contribution in [3.63, 3.8) is 0 Å². The Morgan fingerprint density at radius 1 is 0.488 bits per heavy atom. The summed E-state index contributed by atoms with van der Waals surface area (Å²) >= 11 is 0. The van der Waals surface area contributed by atoms with Gasteiger partial charge in [-0.05, 0) is 65.7 Å². The number of fused-ring (bicyclic) bond motifs is 8. The third-order valence-electron chi connectivity index (χ3n) is 8.05. The number of oxazole rings is 1. The molecule has 0 bridgehead atoms. The Balaban J connectivity index is 1.19. The van der Waals surface area contributed by atoms with E-state index in [9.17, 15) is 0 Å². The fourth-order valence-electron chi connectivity index (χ4n) is 6.23. The van der Waals surface area contributed by atoms with Crippen LogP contribution in [0.4, 0.5) is 0 Å². The standard InChI is InChI=1S/C37H22N2O2/c1-2-9-25(10-3-1)39-30-14-6-4-11-27(30)34-26(13-8-15-31(34)39)23-17-19-24(20-18-23)37-38-29-21-22-33-35(36(29)41-37)28-12-5-7-16-32(28)40-33/h1-22H. The molecule has 0 amide bonds. The molecule has 3 heterocycles. The van der Waals surface area contributed by atoms with E-state index in [1.54, 1.807) is 0 Å². The zero-order chi connectivity index (χ0) is 26.9. The Morgan fingerprint density at radius 2 is 1.22 bits per heavy atom. The Bertz CT molecular complexity index is 2410. The molecule has 0 N–H and O–H groups in total. The Kier molecular flexibility index (Phi) is 4.58. The number of rotatable bonds is 3. The maximum absolute atomic E-state index is 6.39. The Hall–Kier alpha value is -5.61. The van der Waals surface area contributed by atoms with Gasteiger partial charge in [-0.3, -0.25) is 0 Å². The van der Waals surface area contributed by atoms with Gasteiger partial charge in [-0.2, -0.15) is 0 Å². The monoisotopic (exact) mass is 526 g/mol. The van der Waals surface area contributed by atoms with Crippen LogP contribution in [0, 0.1) is 0 Å². The molecule has 0 radical (unpaired) electrons. The summed E-state index contributed by atoms with van der Waals surface area (Å²) in [7, 11) is 0. The first-order chi connectivity index (χ1) is 20.3. The average molecular weight is 527 g/mol. The SMILES string of the molecule is c1ccc(-n2c3ccccc3c3c(-c4ccc(-c5nc6ccc7oc8ccccc8c7c6o5)cc4)cccc32)cc1. The molecule has 4 heteroatoms. The number of furan rings is 1. The van der Waals surface area contributed by atoms with Crippen molar-refractivity contribution in [1.82, 2.24) is 9.55 Å². The first-order valence-electron chi connectivity index (χ1n) is 13.7. The molecule has 0 aliphatic heterocycles. The highest BCUT2D eigenvalue weighted by molar-refractivity contribution is 6.17. The van der Waals surface area contributed by atoms with Crippen molar-refractivity contribution >= 4 is 54.8 Å². The van der Waals surface area contributed by atoms with Gasteiger partial charge in [0.05, 0.1) is 16.4 Å². The molecule has 0 saturated carbocycles. The van der Waals surface area contributed by atoms with Crippen LogP contribution in [-0.2, 0) is 0 Å². The van der Waals surface area contributed by atoms with Gasteiger partial charge in [-0.15, -0.1) is 0 Å². The minimum absolute atomic E-state index is 0.600. The van der Waals surface area contributed by atoms with Gasteiger partial charge in [0, 0.05) is 27.4 Å². The molecule has 3 aromatic heterocycles.